The van der Waals surface area contributed by atoms with Crippen molar-refractivity contribution in [2.75, 3.05) is 5.32 Å². The van der Waals surface area contributed by atoms with Crippen LogP contribution in [0.1, 0.15) is 22.8 Å². The van der Waals surface area contributed by atoms with Crippen LogP contribution in [0.2, 0.25) is 0 Å². The SMILES string of the molecule is C[C@H](OC(=O)c1cn(-c2ccccc2)nc1-c1cccnc1)C(=O)Nc1cccc(C(F)(F)F)c1. The van der Waals surface area contributed by atoms with Gasteiger partial charge in [0.2, 0.25) is 0 Å². The average molecular weight is 480 g/mol. The summed E-state index contributed by atoms with van der Waals surface area (Å²) in [6.45, 7) is 1.33. The van der Waals surface area contributed by atoms with Crippen molar-refractivity contribution in [2.24, 2.45) is 0 Å². The van der Waals surface area contributed by atoms with Gasteiger partial charge in [0.15, 0.2) is 6.10 Å². The molecule has 0 saturated carbocycles. The van der Waals surface area contributed by atoms with Crippen LogP contribution >= 0.6 is 0 Å². The van der Waals surface area contributed by atoms with E-state index in [2.05, 4.69) is 15.4 Å². The van der Waals surface area contributed by atoms with Crippen LogP contribution in [0, 0.1) is 0 Å². The second-order valence-electron chi connectivity index (χ2n) is 7.53. The molecule has 0 aliphatic heterocycles. The molecule has 35 heavy (non-hydrogen) atoms. The number of esters is 1. The molecule has 178 valence electrons. The first-order chi connectivity index (χ1) is 16.7. The van der Waals surface area contributed by atoms with Crippen LogP contribution in [0.15, 0.2) is 85.3 Å². The largest absolute Gasteiger partial charge is 0.449 e. The number of pyridine rings is 1. The highest BCUT2D eigenvalue weighted by atomic mass is 19.4. The van der Waals surface area contributed by atoms with Gasteiger partial charge in [-0.25, -0.2) is 9.48 Å². The van der Waals surface area contributed by atoms with Crippen LogP contribution in [-0.4, -0.2) is 32.7 Å². The number of benzene rings is 2. The first kappa shape index (κ1) is 23.7. The number of nitrogens with one attached hydrogen (secondary N) is 1. The van der Waals surface area contributed by atoms with E-state index in [0.29, 0.717) is 16.9 Å². The zero-order valence-electron chi connectivity index (χ0n) is 18.4. The van der Waals surface area contributed by atoms with E-state index in [1.807, 2.05) is 18.2 Å². The molecule has 1 amide bonds. The summed E-state index contributed by atoms with van der Waals surface area (Å²) >= 11 is 0. The molecule has 2 heterocycles. The van der Waals surface area contributed by atoms with Gasteiger partial charge in [0, 0.05) is 29.8 Å². The first-order valence-corrected chi connectivity index (χ1v) is 10.5. The second-order valence-corrected chi connectivity index (χ2v) is 7.53. The molecule has 0 fully saturated rings. The predicted molar refractivity (Wildman–Crippen MR) is 122 cm³/mol. The number of rotatable bonds is 6. The molecule has 0 saturated heterocycles. The molecular formula is C25H19F3N4O3. The summed E-state index contributed by atoms with van der Waals surface area (Å²) in [5.74, 6) is -1.60. The Kier molecular flexibility index (Phi) is 6.63. The molecule has 4 aromatic rings. The summed E-state index contributed by atoms with van der Waals surface area (Å²) < 4.78 is 45.6. The van der Waals surface area contributed by atoms with Gasteiger partial charge in [0.25, 0.3) is 5.91 Å². The Bertz CT molecular complexity index is 1340. The molecule has 0 bridgehead atoms. The van der Waals surface area contributed by atoms with Crippen molar-refractivity contribution in [3.05, 3.63) is 96.4 Å². The van der Waals surface area contributed by atoms with Gasteiger partial charge in [0.1, 0.15) is 11.3 Å². The molecule has 7 nitrogen and oxygen atoms in total. The third kappa shape index (κ3) is 5.55. The Morgan fingerprint density at radius 3 is 2.49 bits per heavy atom. The number of nitrogens with zero attached hydrogens (tertiary/aromatic N) is 3. The highest BCUT2D eigenvalue weighted by Gasteiger charge is 2.31. The van der Waals surface area contributed by atoms with Crippen molar-refractivity contribution in [3.63, 3.8) is 0 Å². The third-order valence-electron chi connectivity index (χ3n) is 5.00. The molecule has 0 radical (unpaired) electrons. The van der Waals surface area contributed by atoms with E-state index in [4.69, 9.17) is 4.74 Å². The van der Waals surface area contributed by atoms with Gasteiger partial charge in [-0.2, -0.15) is 18.3 Å². The van der Waals surface area contributed by atoms with Crippen molar-refractivity contribution >= 4 is 17.6 Å². The molecule has 0 spiro atoms. The normalized spacial score (nSPS) is 12.1. The number of alkyl halides is 3. The van der Waals surface area contributed by atoms with E-state index < -0.39 is 29.7 Å². The third-order valence-corrected chi connectivity index (χ3v) is 5.00. The number of halogens is 3. The topological polar surface area (TPSA) is 86.1 Å². The Balaban J connectivity index is 1.55. The molecule has 4 rings (SSSR count). The molecule has 0 aliphatic rings. The van der Waals surface area contributed by atoms with Crippen LogP contribution < -0.4 is 5.32 Å². The maximum absolute atomic E-state index is 13.0. The van der Waals surface area contributed by atoms with E-state index in [-0.39, 0.29) is 11.3 Å². The Morgan fingerprint density at radius 2 is 1.80 bits per heavy atom. The summed E-state index contributed by atoms with van der Waals surface area (Å²) in [4.78, 5) is 29.6. The smallest absolute Gasteiger partial charge is 0.416 e. The number of anilines is 1. The lowest BCUT2D eigenvalue weighted by Gasteiger charge is -2.14. The van der Waals surface area contributed by atoms with Gasteiger partial charge in [-0.3, -0.25) is 9.78 Å². The van der Waals surface area contributed by atoms with Crippen LogP contribution in [0.3, 0.4) is 0 Å². The fraction of sp³-hybridized carbons (Fsp3) is 0.120. The van der Waals surface area contributed by atoms with E-state index in [1.165, 1.54) is 36.1 Å². The lowest BCUT2D eigenvalue weighted by Crippen LogP contribution is -2.30. The van der Waals surface area contributed by atoms with E-state index in [1.54, 1.807) is 30.5 Å². The van der Waals surface area contributed by atoms with Gasteiger partial charge < -0.3 is 10.1 Å². The highest BCUT2D eigenvalue weighted by molar-refractivity contribution is 6.00. The van der Waals surface area contributed by atoms with Gasteiger partial charge in [0.05, 0.1) is 11.3 Å². The fourth-order valence-electron chi connectivity index (χ4n) is 3.25. The Morgan fingerprint density at radius 1 is 1.03 bits per heavy atom. The summed E-state index contributed by atoms with van der Waals surface area (Å²) in [7, 11) is 0. The minimum Gasteiger partial charge on any atom is -0.449 e. The van der Waals surface area contributed by atoms with Gasteiger partial charge in [-0.15, -0.1) is 0 Å². The maximum Gasteiger partial charge on any atom is 0.416 e. The zero-order valence-corrected chi connectivity index (χ0v) is 18.4. The number of hydrogen-bond donors (Lipinski definition) is 1. The number of carbonyl (C=O) groups excluding carboxylic acids is 2. The summed E-state index contributed by atoms with van der Waals surface area (Å²) in [6.07, 6.45) is -1.25. The Hall–Kier alpha value is -4.47. The van der Waals surface area contributed by atoms with Gasteiger partial charge in [-0.1, -0.05) is 24.3 Å². The lowest BCUT2D eigenvalue weighted by atomic mass is 10.1. The van der Waals surface area contributed by atoms with Crippen molar-refractivity contribution < 1.29 is 27.5 Å². The number of carbonyl (C=O) groups is 2. The second kappa shape index (κ2) is 9.80. The lowest BCUT2D eigenvalue weighted by molar-refractivity contribution is -0.137. The maximum atomic E-state index is 13.0. The number of ether oxygens (including phenoxy) is 1. The highest BCUT2D eigenvalue weighted by Crippen LogP contribution is 2.31. The molecule has 1 atom stereocenters. The van der Waals surface area contributed by atoms with Crippen LogP contribution in [0.4, 0.5) is 18.9 Å². The molecule has 2 aromatic carbocycles. The molecular weight excluding hydrogens is 461 g/mol. The number of para-hydroxylation sites is 1. The fourth-order valence-corrected chi connectivity index (χ4v) is 3.25. The summed E-state index contributed by atoms with van der Waals surface area (Å²) in [5, 5.41) is 6.83. The molecule has 0 unspecified atom stereocenters. The van der Waals surface area contributed by atoms with Crippen LogP contribution in [0.25, 0.3) is 16.9 Å². The number of amides is 1. The average Bonchev–Trinajstić information content (AvgIpc) is 3.30. The van der Waals surface area contributed by atoms with Gasteiger partial charge in [-0.05, 0) is 49.4 Å². The van der Waals surface area contributed by atoms with E-state index in [0.717, 1.165) is 12.1 Å². The zero-order chi connectivity index (χ0) is 25.0. The number of hydrogen-bond acceptors (Lipinski definition) is 5. The monoisotopic (exact) mass is 480 g/mol. The standard InChI is InChI=1S/C25H19F3N4O3/c1-16(23(33)30-19-9-5-8-18(13-19)25(26,27)28)35-24(34)21-15-32(20-10-3-2-4-11-20)31-22(21)17-7-6-12-29-14-17/h2-16H,1H3,(H,30,33)/t16-/m0/s1. The molecule has 1 N–H and O–H groups in total. The predicted octanol–water partition coefficient (Wildman–Crippen LogP) is 5.14. The van der Waals surface area contributed by atoms with E-state index in [9.17, 15) is 22.8 Å². The first-order valence-electron chi connectivity index (χ1n) is 10.5. The number of aromatic nitrogens is 3. The molecule has 2 aromatic heterocycles. The van der Waals surface area contributed by atoms with Crippen molar-refractivity contribution in [3.8, 4) is 16.9 Å². The molecule has 10 heteroatoms. The quantitative estimate of drug-likeness (QED) is 0.387. The van der Waals surface area contributed by atoms with Gasteiger partial charge >= 0.3 is 12.1 Å². The van der Waals surface area contributed by atoms with Crippen LogP contribution in [-0.2, 0) is 15.7 Å². The minimum absolute atomic E-state index is 0.0688. The van der Waals surface area contributed by atoms with Crippen molar-refractivity contribution in [2.45, 2.75) is 19.2 Å². The Labute approximate surface area is 198 Å². The van der Waals surface area contributed by atoms with Crippen molar-refractivity contribution in [1.82, 2.24) is 14.8 Å². The summed E-state index contributed by atoms with van der Waals surface area (Å²) in [6, 6.07) is 16.7. The molecule has 0 aliphatic carbocycles. The minimum atomic E-state index is -4.56. The summed E-state index contributed by atoms with van der Waals surface area (Å²) in [5.41, 5.74) is 0.690. The van der Waals surface area contributed by atoms with Crippen LogP contribution in [0.5, 0.6) is 0 Å². The van der Waals surface area contributed by atoms with E-state index >= 15 is 0 Å². The van der Waals surface area contributed by atoms with Crippen molar-refractivity contribution in [1.29, 1.82) is 0 Å².